The van der Waals surface area contributed by atoms with Gasteiger partial charge in [-0.3, -0.25) is 0 Å². The maximum atomic E-state index is 14.2. The van der Waals surface area contributed by atoms with Crippen LogP contribution in [0.5, 0.6) is 0 Å². The summed E-state index contributed by atoms with van der Waals surface area (Å²) < 4.78 is 249. The minimum Gasteiger partial charge on any atom is -0.382 e. The average Bonchev–Trinajstić information content (AvgIpc) is 3.06. The first-order chi connectivity index (χ1) is 24.7. The largest absolute Gasteiger partial charge is 0.460 e. The fourth-order valence-corrected chi connectivity index (χ4v) is 5.01. The van der Waals surface area contributed by atoms with Crippen molar-refractivity contribution in [2.75, 3.05) is 46.8 Å². The molecule has 0 fully saturated rings. The van der Waals surface area contributed by atoms with E-state index in [-0.39, 0.29) is 19.8 Å². The summed E-state index contributed by atoms with van der Waals surface area (Å²) in [6.45, 7) is -2.72. The molecule has 0 saturated carbocycles. The Balaban J connectivity index is 5.10. The molecule has 1 unspecified atom stereocenters. The van der Waals surface area contributed by atoms with Crippen molar-refractivity contribution in [3.05, 3.63) is 0 Å². The lowest BCUT2D eigenvalue weighted by molar-refractivity contribution is -0.462. The van der Waals surface area contributed by atoms with Gasteiger partial charge in [-0.05, 0) is 6.42 Å². The fourth-order valence-electron chi connectivity index (χ4n) is 5.01. The Bertz CT molecular complexity index is 994. The second-order valence-corrected chi connectivity index (χ2v) is 13.0. The molecule has 1 atom stereocenters. The third kappa shape index (κ3) is 14.2. The molecule has 0 bridgehead atoms. The summed E-state index contributed by atoms with van der Waals surface area (Å²) in [5, 5.41) is 0. The second-order valence-electron chi connectivity index (χ2n) is 13.0. The molecule has 0 aliphatic carbocycles. The Morgan fingerprint density at radius 1 is 0.389 bits per heavy atom. The lowest BCUT2D eigenvalue weighted by Crippen LogP contribution is -2.74. The third-order valence-electron chi connectivity index (χ3n) is 8.46. The Morgan fingerprint density at radius 3 is 1.13 bits per heavy atom. The first kappa shape index (κ1) is 52.6. The molecule has 0 spiro atoms. The Labute approximate surface area is 304 Å². The lowest BCUT2D eigenvalue weighted by Gasteiger charge is -2.42. The summed E-state index contributed by atoms with van der Waals surface area (Å²) in [5.74, 6) is -56.8. The van der Waals surface area contributed by atoms with Crippen LogP contribution in [0.3, 0.4) is 0 Å². The van der Waals surface area contributed by atoms with Crippen LogP contribution >= 0.6 is 0 Å². The molecule has 21 heteroatoms. The van der Waals surface area contributed by atoms with Crippen molar-refractivity contribution in [2.24, 2.45) is 0 Å². The number of alkyl halides is 17. The molecule has 0 rings (SSSR count). The van der Waals surface area contributed by atoms with E-state index in [1.165, 1.54) is 58.5 Å². The van der Waals surface area contributed by atoms with Gasteiger partial charge in [0.05, 0.1) is 26.4 Å². The van der Waals surface area contributed by atoms with Gasteiger partial charge in [0.2, 0.25) is 0 Å². The van der Waals surface area contributed by atoms with Crippen molar-refractivity contribution in [1.29, 1.82) is 0 Å². The van der Waals surface area contributed by atoms with Gasteiger partial charge < -0.3 is 18.9 Å². The van der Waals surface area contributed by atoms with Crippen LogP contribution in [-0.4, -0.2) is 100 Å². The molecule has 0 amide bonds. The van der Waals surface area contributed by atoms with E-state index in [0.29, 0.717) is 12.8 Å². The number of rotatable bonds is 33. The van der Waals surface area contributed by atoms with E-state index in [1.54, 1.807) is 0 Å². The summed E-state index contributed by atoms with van der Waals surface area (Å²) in [6.07, 6.45) is 7.79. The third-order valence-corrected chi connectivity index (χ3v) is 8.46. The molecule has 0 aliphatic rings. The van der Waals surface area contributed by atoms with Crippen LogP contribution in [0.4, 0.5) is 74.6 Å². The number of hydrogen-bond acceptors (Lipinski definition) is 4. The summed E-state index contributed by atoms with van der Waals surface area (Å²) in [4.78, 5) is 0. The van der Waals surface area contributed by atoms with Crippen molar-refractivity contribution in [1.82, 2.24) is 0 Å². The number of hydrogen-bond donors (Lipinski definition) is 0. The van der Waals surface area contributed by atoms with Gasteiger partial charge in [0, 0.05) is 13.7 Å². The topological polar surface area (TPSA) is 36.9 Å². The number of unbranched alkanes of at least 4 members (excludes halogenated alkanes) is 15. The molecule has 0 aliphatic heterocycles. The summed E-state index contributed by atoms with van der Waals surface area (Å²) in [7, 11) is 1.28. The molecule has 0 N–H and O–H groups in total. The van der Waals surface area contributed by atoms with Crippen molar-refractivity contribution in [2.45, 2.75) is 163 Å². The molecule has 0 radical (unpaired) electrons. The van der Waals surface area contributed by atoms with Crippen molar-refractivity contribution < 1.29 is 93.6 Å². The predicted octanol–water partition coefficient (Wildman–Crippen LogP) is 12.3. The van der Waals surface area contributed by atoms with E-state index in [9.17, 15) is 74.6 Å². The minimum absolute atomic E-state index is 0.00112. The maximum Gasteiger partial charge on any atom is 0.460 e. The summed E-state index contributed by atoms with van der Waals surface area (Å²) in [6, 6.07) is 0. The van der Waals surface area contributed by atoms with Gasteiger partial charge in [0.15, 0.2) is 0 Å². The fraction of sp³-hybridized carbons (Fsp3) is 1.00. The van der Waals surface area contributed by atoms with Crippen LogP contribution in [-0.2, 0) is 18.9 Å². The normalized spacial score (nSPS) is 14.9. The van der Waals surface area contributed by atoms with Gasteiger partial charge in [0.1, 0.15) is 12.7 Å². The van der Waals surface area contributed by atoms with E-state index < -0.39 is 73.6 Å². The lowest BCUT2D eigenvalue weighted by atomic mass is 9.89. The second kappa shape index (κ2) is 23.2. The first-order valence-electron chi connectivity index (χ1n) is 17.7. The van der Waals surface area contributed by atoms with Gasteiger partial charge in [0.25, 0.3) is 0 Å². The van der Waals surface area contributed by atoms with Crippen LogP contribution in [0.15, 0.2) is 0 Å². The highest BCUT2D eigenvalue weighted by Crippen LogP contribution is 2.63. The van der Waals surface area contributed by atoms with Crippen LogP contribution in [0, 0.1) is 0 Å². The quantitative estimate of drug-likeness (QED) is 0.0488. The molecule has 0 heterocycles. The maximum absolute atomic E-state index is 14.2. The van der Waals surface area contributed by atoms with Gasteiger partial charge in [-0.2, -0.15) is 74.6 Å². The van der Waals surface area contributed by atoms with E-state index in [0.717, 1.165) is 38.5 Å². The van der Waals surface area contributed by atoms with E-state index in [4.69, 9.17) is 14.2 Å². The van der Waals surface area contributed by atoms with Gasteiger partial charge in [-0.15, -0.1) is 0 Å². The van der Waals surface area contributed by atoms with Crippen LogP contribution in [0.1, 0.15) is 110 Å². The highest BCUT2D eigenvalue weighted by atomic mass is 19.4. The predicted molar refractivity (Wildman–Crippen MR) is 163 cm³/mol. The zero-order chi connectivity index (χ0) is 42.0. The Morgan fingerprint density at radius 2 is 0.741 bits per heavy atom. The Hall–Kier alpha value is -1.35. The number of methoxy groups -OCH3 is 1. The van der Waals surface area contributed by atoms with Crippen molar-refractivity contribution in [3.8, 4) is 0 Å². The van der Waals surface area contributed by atoms with Gasteiger partial charge in [-0.25, -0.2) is 0 Å². The van der Waals surface area contributed by atoms with E-state index in [1.807, 2.05) is 0 Å². The minimum atomic E-state index is -8.67. The number of ether oxygens (including phenoxy) is 4. The van der Waals surface area contributed by atoms with E-state index in [2.05, 4.69) is 11.7 Å². The van der Waals surface area contributed by atoms with Crippen LogP contribution in [0.2, 0.25) is 0 Å². The Kier molecular flexibility index (Phi) is 22.6. The SMILES string of the molecule is CCCCCCCCCCCCCCCCCCOC(COCCOC)COCC(F)(F)C(F)(F)C(F)(F)C(F)(F)C(F)(F)C(F)(F)C(F)(F)C(F)(F)F. The zero-order valence-corrected chi connectivity index (χ0v) is 30.2. The van der Waals surface area contributed by atoms with Crippen LogP contribution < -0.4 is 0 Å². The molecular weight excluding hydrogens is 783 g/mol. The first-order valence-corrected chi connectivity index (χ1v) is 17.7. The molecular formula is C33H51F17O4. The molecule has 0 aromatic carbocycles. The summed E-state index contributed by atoms with van der Waals surface area (Å²) >= 11 is 0. The molecule has 0 saturated heterocycles. The molecule has 0 aromatic heterocycles. The van der Waals surface area contributed by atoms with E-state index >= 15 is 0 Å². The zero-order valence-electron chi connectivity index (χ0n) is 30.2. The average molecular weight is 835 g/mol. The standard InChI is InChI=1S/C33H51F17O4/c1-3-4-5-6-7-8-9-10-11-12-13-14-15-16-17-18-19-54-25(22-52-21-20-51-2)23-53-24-26(34,35)27(36,37)28(38,39)29(40,41)30(42,43)31(44,45)32(46,47)33(48,49)50/h25H,3-24H2,1-2H3. The molecule has 0 aromatic rings. The number of halogens is 17. The highest BCUT2D eigenvalue weighted by molar-refractivity contribution is 5.15. The smallest absolute Gasteiger partial charge is 0.382 e. The van der Waals surface area contributed by atoms with Crippen molar-refractivity contribution >= 4 is 0 Å². The monoisotopic (exact) mass is 834 g/mol. The molecule has 326 valence electrons. The van der Waals surface area contributed by atoms with Gasteiger partial charge in [-0.1, -0.05) is 103 Å². The molecule has 4 nitrogen and oxygen atoms in total. The van der Waals surface area contributed by atoms with Gasteiger partial charge >= 0.3 is 47.6 Å². The van der Waals surface area contributed by atoms with Crippen LogP contribution in [0.25, 0.3) is 0 Å². The highest BCUT2D eigenvalue weighted by Gasteiger charge is 2.95. The van der Waals surface area contributed by atoms with Crippen molar-refractivity contribution in [3.63, 3.8) is 0 Å². The molecule has 54 heavy (non-hydrogen) atoms. The summed E-state index contributed by atoms with van der Waals surface area (Å²) in [5.41, 5.74) is 0.